The fourth-order valence-electron chi connectivity index (χ4n) is 2.97. The molecule has 2 N–H and O–H groups in total. The van der Waals surface area contributed by atoms with Gasteiger partial charge in [0.05, 0.1) is 15.6 Å². The molecule has 0 saturated heterocycles. The Morgan fingerprint density at radius 3 is 2.38 bits per heavy atom. The van der Waals surface area contributed by atoms with Crippen molar-refractivity contribution < 1.29 is 22.7 Å². The number of anilines is 1. The summed E-state index contributed by atoms with van der Waals surface area (Å²) in [5.74, 6) is -0.694. The molecule has 0 aliphatic heterocycles. The third kappa shape index (κ3) is 6.57. The number of hydrogen-bond acceptors (Lipinski definition) is 5. The standard InChI is InChI=1S/C24H22Cl2N2O5S/c1-2-12-27-34(31,32)18-9-11-22(20(26)14-18)33-15-23(29)28-21-10-8-17(25)13-19(21)24(30)16-6-4-3-5-7-16/h3-11,13-14,27H,2,12,15H2,1H3,(H,28,29). The van der Waals surface area contributed by atoms with Crippen LogP contribution in [0.5, 0.6) is 5.75 Å². The van der Waals surface area contributed by atoms with Gasteiger partial charge < -0.3 is 10.1 Å². The molecule has 0 heterocycles. The lowest BCUT2D eigenvalue weighted by Crippen LogP contribution is -2.24. The van der Waals surface area contributed by atoms with E-state index in [0.717, 1.165) is 0 Å². The van der Waals surface area contributed by atoms with E-state index >= 15 is 0 Å². The molecule has 0 fully saturated rings. The minimum absolute atomic E-state index is 0.00650. The Morgan fingerprint density at radius 1 is 0.971 bits per heavy atom. The van der Waals surface area contributed by atoms with Crippen molar-refractivity contribution in [3.05, 3.63) is 87.9 Å². The third-order valence-corrected chi connectivity index (χ3v) is 6.64. The number of halogens is 2. The number of ether oxygens (including phenoxy) is 1. The van der Waals surface area contributed by atoms with Gasteiger partial charge in [0.1, 0.15) is 5.75 Å². The molecular weight excluding hydrogens is 499 g/mol. The van der Waals surface area contributed by atoms with E-state index in [-0.39, 0.29) is 32.7 Å². The van der Waals surface area contributed by atoms with Crippen molar-refractivity contribution in [1.29, 1.82) is 0 Å². The van der Waals surface area contributed by atoms with Crippen molar-refractivity contribution in [3.8, 4) is 5.75 Å². The number of hydrogen-bond donors (Lipinski definition) is 2. The molecule has 3 aromatic rings. The second kappa shape index (κ2) is 11.5. The van der Waals surface area contributed by atoms with Gasteiger partial charge in [-0.3, -0.25) is 9.59 Å². The maximum atomic E-state index is 12.9. The highest BCUT2D eigenvalue weighted by Crippen LogP contribution is 2.28. The summed E-state index contributed by atoms with van der Waals surface area (Å²) in [5, 5.41) is 3.04. The normalized spacial score (nSPS) is 11.1. The highest BCUT2D eigenvalue weighted by atomic mass is 35.5. The topological polar surface area (TPSA) is 102 Å². The highest BCUT2D eigenvalue weighted by Gasteiger charge is 2.18. The smallest absolute Gasteiger partial charge is 0.262 e. The number of benzene rings is 3. The zero-order valence-corrected chi connectivity index (χ0v) is 20.5. The monoisotopic (exact) mass is 520 g/mol. The number of amides is 1. The first-order valence-corrected chi connectivity index (χ1v) is 12.6. The van der Waals surface area contributed by atoms with Gasteiger partial charge in [-0.2, -0.15) is 0 Å². The largest absolute Gasteiger partial charge is 0.482 e. The average Bonchev–Trinajstić information content (AvgIpc) is 2.83. The number of ketones is 1. The summed E-state index contributed by atoms with van der Waals surface area (Å²) in [7, 11) is -3.69. The van der Waals surface area contributed by atoms with Crippen LogP contribution < -0.4 is 14.8 Å². The molecule has 178 valence electrons. The third-order valence-electron chi connectivity index (χ3n) is 4.65. The van der Waals surface area contributed by atoms with Crippen molar-refractivity contribution in [2.75, 3.05) is 18.5 Å². The lowest BCUT2D eigenvalue weighted by Gasteiger charge is -2.13. The first-order chi connectivity index (χ1) is 16.2. The van der Waals surface area contributed by atoms with Crippen LogP contribution in [0.4, 0.5) is 5.69 Å². The van der Waals surface area contributed by atoms with Crippen LogP contribution in [-0.2, 0) is 14.8 Å². The summed E-state index contributed by atoms with van der Waals surface area (Å²) in [4.78, 5) is 25.4. The van der Waals surface area contributed by atoms with Crippen LogP contribution in [0.1, 0.15) is 29.3 Å². The van der Waals surface area contributed by atoms with Crippen LogP contribution in [0.3, 0.4) is 0 Å². The van der Waals surface area contributed by atoms with Crippen LogP contribution >= 0.6 is 23.2 Å². The van der Waals surface area contributed by atoms with Crippen LogP contribution in [0.2, 0.25) is 10.0 Å². The van der Waals surface area contributed by atoms with Crippen LogP contribution in [-0.4, -0.2) is 33.3 Å². The first-order valence-electron chi connectivity index (χ1n) is 10.3. The van der Waals surface area contributed by atoms with Crippen molar-refractivity contribution in [3.63, 3.8) is 0 Å². The lowest BCUT2D eigenvalue weighted by atomic mass is 10.0. The van der Waals surface area contributed by atoms with Crippen molar-refractivity contribution >= 4 is 50.6 Å². The lowest BCUT2D eigenvalue weighted by molar-refractivity contribution is -0.118. The molecule has 1 amide bonds. The molecule has 34 heavy (non-hydrogen) atoms. The second-order valence-corrected chi connectivity index (χ2v) is 9.82. The number of nitrogens with one attached hydrogen (secondary N) is 2. The Balaban J connectivity index is 1.70. The fraction of sp³-hybridized carbons (Fsp3) is 0.167. The second-order valence-electron chi connectivity index (χ2n) is 7.21. The minimum Gasteiger partial charge on any atom is -0.482 e. The number of sulfonamides is 1. The SMILES string of the molecule is CCCNS(=O)(=O)c1ccc(OCC(=O)Nc2ccc(Cl)cc2C(=O)c2ccccc2)c(Cl)c1. The molecule has 0 bridgehead atoms. The Kier molecular flexibility index (Phi) is 8.68. The van der Waals surface area contributed by atoms with Gasteiger partial charge >= 0.3 is 0 Å². The highest BCUT2D eigenvalue weighted by molar-refractivity contribution is 7.89. The number of rotatable bonds is 10. The van der Waals surface area contributed by atoms with Gasteiger partial charge in [0, 0.05) is 22.7 Å². The molecule has 0 atom stereocenters. The van der Waals surface area contributed by atoms with Gasteiger partial charge in [-0.1, -0.05) is 60.5 Å². The predicted molar refractivity (Wildman–Crippen MR) is 132 cm³/mol. The molecule has 0 spiro atoms. The van der Waals surface area contributed by atoms with E-state index in [0.29, 0.717) is 23.6 Å². The van der Waals surface area contributed by atoms with Gasteiger partial charge in [-0.25, -0.2) is 13.1 Å². The average molecular weight is 521 g/mol. The summed E-state index contributed by atoms with van der Waals surface area (Å²) >= 11 is 12.2. The maximum Gasteiger partial charge on any atom is 0.262 e. The molecule has 0 aliphatic carbocycles. The quantitative estimate of drug-likeness (QED) is 0.369. The summed E-state index contributed by atoms with van der Waals surface area (Å²) in [5.41, 5.74) is 0.965. The predicted octanol–water partition coefficient (Wildman–Crippen LogP) is 4.93. The van der Waals surface area contributed by atoms with E-state index in [4.69, 9.17) is 27.9 Å². The van der Waals surface area contributed by atoms with E-state index in [1.807, 2.05) is 6.92 Å². The maximum absolute atomic E-state index is 12.9. The Bertz CT molecular complexity index is 1300. The van der Waals surface area contributed by atoms with Crippen molar-refractivity contribution in [1.82, 2.24) is 4.72 Å². The molecule has 3 rings (SSSR count). The Hall–Kier alpha value is -2.91. The molecule has 3 aromatic carbocycles. The molecule has 0 radical (unpaired) electrons. The van der Waals surface area contributed by atoms with Gasteiger partial charge in [0.15, 0.2) is 12.4 Å². The first kappa shape index (κ1) is 25.7. The van der Waals surface area contributed by atoms with Gasteiger partial charge in [0.2, 0.25) is 10.0 Å². The fourth-order valence-corrected chi connectivity index (χ4v) is 4.61. The molecular formula is C24H22Cl2N2O5S. The van der Waals surface area contributed by atoms with Gasteiger partial charge in [-0.05, 0) is 42.8 Å². The summed E-state index contributed by atoms with van der Waals surface area (Å²) in [6.07, 6.45) is 0.648. The Morgan fingerprint density at radius 2 is 1.71 bits per heavy atom. The van der Waals surface area contributed by atoms with E-state index in [2.05, 4.69) is 10.0 Å². The van der Waals surface area contributed by atoms with Crippen LogP contribution in [0.25, 0.3) is 0 Å². The molecule has 0 aliphatic rings. The summed E-state index contributed by atoms with van der Waals surface area (Å²) in [6.45, 7) is 1.74. The molecule has 10 heteroatoms. The summed E-state index contributed by atoms with van der Waals surface area (Å²) in [6, 6.07) is 17.2. The summed E-state index contributed by atoms with van der Waals surface area (Å²) < 4.78 is 32.4. The van der Waals surface area contributed by atoms with Gasteiger partial charge in [-0.15, -0.1) is 0 Å². The zero-order valence-electron chi connectivity index (χ0n) is 18.2. The van der Waals surface area contributed by atoms with E-state index in [1.165, 1.54) is 30.3 Å². The van der Waals surface area contributed by atoms with Crippen molar-refractivity contribution in [2.45, 2.75) is 18.2 Å². The zero-order chi connectivity index (χ0) is 24.7. The molecule has 0 aromatic heterocycles. The molecule has 7 nitrogen and oxygen atoms in total. The molecule has 0 saturated carbocycles. The minimum atomic E-state index is -3.69. The van der Waals surface area contributed by atoms with Gasteiger partial charge in [0.25, 0.3) is 5.91 Å². The van der Waals surface area contributed by atoms with Crippen molar-refractivity contribution in [2.24, 2.45) is 0 Å². The van der Waals surface area contributed by atoms with Crippen LogP contribution in [0, 0.1) is 0 Å². The Labute approximate surface area is 208 Å². The van der Waals surface area contributed by atoms with E-state index in [1.54, 1.807) is 36.4 Å². The number of carbonyl (C=O) groups excluding carboxylic acids is 2. The van der Waals surface area contributed by atoms with Crippen LogP contribution in [0.15, 0.2) is 71.6 Å². The number of carbonyl (C=O) groups is 2. The van der Waals surface area contributed by atoms with E-state index in [9.17, 15) is 18.0 Å². The van der Waals surface area contributed by atoms with E-state index < -0.39 is 22.5 Å². The molecule has 0 unspecified atom stereocenters.